The second-order valence-electron chi connectivity index (χ2n) is 3.08. The van der Waals surface area contributed by atoms with Crippen molar-refractivity contribution in [1.29, 1.82) is 5.26 Å². The van der Waals surface area contributed by atoms with Crippen molar-refractivity contribution < 1.29 is 4.74 Å². The maximum absolute atomic E-state index is 8.57. The second-order valence-corrected chi connectivity index (χ2v) is 3.08. The first kappa shape index (κ1) is 10.6. The summed E-state index contributed by atoms with van der Waals surface area (Å²) in [5, 5.41) is 8.57. The van der Waals surface area contributed by atoms with Gasteiger partial charge in [0.25, 0.3) is 0 Å². The third-order valence-corrected chi connectivity index (χ3v) is 1.83. The lowest BCUT2D eigenvalue weighted by molar-refractivity contribution is 0.276. The van der Waals surface area contributed by atoms with Crippen molar-refractivity contribution in [1.82, 2.24) is 0 Å². The lowest BCUT2D eigenvalue weighted by Crippen LogP contribution is -2.08. The van der Waals surface area contributed by atoms with Crippen LogP contribution in [0.4, 0.5) is 0 Å². The van der Waals surface area contributed by atoms with E-state index in [2.05, 4.69) is 0 Å². The number of nitriles is 1. The average molecular weight is 190 g/mol. The standard InChI is InChI=1S/C11H14N2O/c1-9(8-13)14-11-4-2-3-10(7-11)5-6-12/h2-4,7,9H,5-6,12H2,1H3. The summed E-state index contributed by atoms with van der Waals surface area (Å²) in [7, 11) is 0. The van der Waals surface area contributed by atoms with Gasteiger partial charge in [0.15, 0.2) is 6.10 Å². The van der Waals surface area contributed by atoms with Crippen LogP contribution in [0.3, 0.4) is 0 Å². The molecule has 1 unspecified atom stereocenters. The predicted octanol–water partition coefficient (Wildman–Crippen LogP) is 1.48. The highest BCUT2D eigenvalue weighted by molar-refractivity contribution is 5.29. The molecule has 2 N–H and O–H groups in total. The van der Waals surface area contributed by atoms with Crippen molar-refractivity contribution in [3.63, 3.8) is 0 Å². The molecule has 1 atom stereocenters. The summed E-state index contributed by atoms with van der Waals surface area (Å²) in [5.74, 6) is 0.727. The zero-order valence-electron chi connectivity index (χ0n) is 8.23. The number of nitrogens with two attached hydrogens (primary N) is 1. The molecule has 0 heterocycles. The Bertz CT molecular complexity index is 330. The van der Waals surface area contributed by atoms with Gasteiger partial charge < -0.3 is 10.5 Å². The van der Waals surface area contributed by atoms with E-state index in [1.165, 1.54) is 0 Å². The molecule has 0 saturated heterocycles. The van der Waals surface area contributed by atoms with Gasteiger partial charge in [-0.3, -0.25) is 0 Å². The summed E-state index contributed by atoms with van der Waals surface area (Å²) in [5.41, 5.74) is 6.58. The quantitative estimate of drug-likeness (QED) is 0.782. The number of benzene rings is 1. The molecule has 0 saturated carbocycles. The Morgan fingerprint density at radius 3 is 3.00 bits per heavy atom. The fourth-order valence-electron chi connectivity index (χ4n) is 1.17. The molecule has 1 aromatic carbocycles. The third kappa shape index (κ3) is 3.08. The molecule has 0 amide bonds. The van der Waals surface area contributed by atoms with Crippen LogP contribution in [-0.2, 0) is 6.42 Å². The van der Waals surface area contributed by atoms with E-state index in [1.807, 2.05) is 30.3 Å². The summed E-state index contributed by atoms with van der Waals surface area (Å²) < 4.78 is 5.35. The number of rotatable bonds is 4. The van der Waals surface area contributed by atoms with Gasteiger partial charge in [0.05, 0.1) is 0 Å². The summed E-state index contributed by atoms with van der Waals surface area (Å²) in [6, 6.07) is 9.68. The van der Waals surface area contributed by atoms with Gasteiger partial charge in [-0.05, 0) is 37.6 Å². The minimum atomic E-state index is -0.414. The number of hydrogen-bond donors (Lipinski definition) is 1. The van der Waals surface area contributed by atoms with Crippen LogP contribution in [0.25, 0.3) is 0 Å². The van der Waals surface area contributed by atoms with Crippen molar-refractivity contribution in [2.75, 3.05) is 6.54 Å². The van der Waals surface area contributed by atoms with Gasteiger partial charge in [-0.2, -0.15) is 5.26 Å². The van der Waals surface area contributed by atoms with E-state index in [0.29, 0.717) is 6.54 Å². The molecular weight excluding hydrogens is 176 g/mol. The van der Waals surface area contributed by atoms with Crippen LogP contribution < -0.4 is 10.5 Å². The van der Waals surface area contributed by atoms with Crippen LogP contribution in [0.5, 0.6) is 5.75 Å². The molecule has 0 aliphatic carbocycles. The minimum Gasteiger partial charge on any atom is -0.476 e. The number of hydrogen-bond acceptors (Lipinski definition) is 3. The smallest absolute Gasteiger partial charge is 0.181 e. The zero-order valence-corrected chi connectivity index (χ0v) is 8.23. The van der Waals surface area contributed by atoms with E-state index in [-0.39, 0.29) is 0 Å². The molecule has 1 aromatic rings. The van der Waals surface area contributed by atoms with E-state index in [4.69, 9.17) is 15.7 Å². The van der Waals surface area contributed by atoms with Gasteiger partial charge in [0.1, 0.15) is 11.8 Å². The average Bonchev–Trinajstić information content (AvgIpc) is 2.19. The third-order valence-electron chi connectivity index (χ3n) is 1.83. The molecule has 14 heavy (non-hydrogen) atoms. The highest BCUT2D eigenvalue weighted by atomic mass is 16.5. The van der Waals surface area contributed by atoms with Crippen LogP contribution in [0.2, 0.25) is 0 Å². The monoisotopic (exact) mass is 190 g/mol. The Morgan fingerprint density at radius 2 is 2.36 bits per heavy atom. The van der Waals surface area contributed by atoms with Crippen molar-refractivity contribution in [2.24, 2.45) is 5.73 Å². The molecule has 0 aliphatic heterocycles. The van der Waals surface area contributed by atoms with Crippen molar-refractivity contribution in [2.45, 2.75) is 19.4 Å². The Hall–Kier alpha value is -1.53. The summed E-state index contributed by atoms with van der Waals surface area (Å²) in [6.45, 7) is 2.34. The Labute approximate surface area is 84.1 Å². The van der Waals surface area contributed by atoms with Crippen LogP contribution >= 0.6 is 0 Å². The Morgan fingerprint density at radius 1 is 1.57 bits per heavy atom. The Kier molecular flexibility index (Phi) is 3.96. The van der Waals surface area contributed by atoms with Gasteiger partial charge in [-0.15, -0.1) is 0 Å². The van der Waals surface area contributed by atoms with Gasteiger partial charge in [0.2, 0.25) is 0 Å². The molecule has 0 fully saturated rings. The first-order valence-corrected chi connectivity index (χ1v) is 4.61. The molecule has 3 heteroatoms. The van der Waals surface area contributed by atoms with E-state index in [1.54, 1.807) is 6.92 Å². The van der Waals surface area contributed by atoms with Gasteiger partial charge in [0, 0.05) is 0 Å². The van der Waals surface area contributed by atoms with E-state index < -0.39 is 6.10 Å². The first-order chi connectivity index (χ1) is 6.76. The second kappa shape index (κ2) is 5.25. The molecule has 74 valence electrons. The molecule has 1 rings (SSSR count). The van der Waals surface area contributed by atoms with Crippen LogP contribution in [0.1, 0.15) is 12.5 Å². The largest absolute Gasteiger partial charge is 0.476 e. The van der Waals surface area contributed by atoms with Crippen LogP contribution in [-0.4, -0.2) is 12.6 Å². The lowest BCUT2D eigenvalue weighted by atomic mass is 10.1. The molecule has 0 aliphatic rings. The van der Waals surface area contributed by atoms with Crippen LogP contribution in [0, 0.1) is 11.3 Å². The SMILES string of the molecule is CC(C#N)Oc1cccc(CCN)c1. The first-order valence-electron chi connectivity index (χ1n) is 4.61. The number of nitrogens with zero attached hydrogens (tertiary/aromatic N) is 1. The van der Waals surface area contributed by atoms with Gasteiger partial charge in [-0.1, -0.05) is 12.1 Å². The van der Waals surface area contributed by atoms with Gasteiger partial charge in [-0.25, -0.2) is 0 Å². The highest BCUT2D eigenvalue weighted by Gasteiger charge is 2.01. The molecule has 0 aromatic heterocycles. The molecular formula is C11H14N2O. The van der Waals surface area contributed by atoms with Crippen molar-refractivity contribution in [3.05, 3.63) is 29.8 Å². The molecule has 3 nitrogen and oxygen atoms in total. The summed E-state index contributed by atoms with van der Waals surface area (Å²) in [6.07, 6.45) is 0.418. The maximum atomic E-state index is 8.57. The maximum Gasteiger partial charge on any atom is 0.181 e. The predicted molar refractivity (Wildman–Crippen MR) is 54.9 cm³/mol. The molecule has 0 radical (unpaired) electrons. The van der Waals surface area contributed by atoms with Crippen LogP contribution in [0.15, 0.2) is 24.3 Å². The fraction of sp³-hybridized carbons (Fsp3) is 0.364. The lowest BCUT2D eigenvalue weighted by Gasteiger charge is -2.08. The highest BCUT2D eigenvalue weighted by Crippen LogP contribution is 2.14. The van der Waals surface area contributed by atoms with Crippen molar-refractivity contribution in [3.8, 4) is 11.8 Å². The zero-order chi connectivity index (χ0) is 10.4. The van der Waals surface area contributed by atoms with E-state index >= 15 is 0 Å². The van der Waals surface area contributed by atoms with Gasteiger partial charge >= 0.3 is 0 Å². The minimum absolute atomic E-state index is 0.414. The summed E-state index contributed by atoms with van der Waals surface area (Å²) >= 11 is 0. The Balaban J connectivity index is 2.69. The molecule has 0 bridgehead atoms. The topological polar surface area (TPSA) is 59.0 Å². The van der Waals surface area contributed by atoms with Crippen molar-refractivity contribution >= 4 is 0 Å². The normalized spacial score (nSPS) is 11.8. The summed E-state index contributed by atoms with van der Waals surface area (Å²) in [4.78, 5) is 0. The van der Waals surface area contributed by atoms with E-state index in [9.17, 15) is 0 Å². The number of ether oxygens (including phenoxy) is 1. The molecule has 0 spiro atoms. The van der Waals surface area contributed by atoms with E-state index in [0.717, 1.165) is 17.7 Å². The fourth-order valence-corrected chi connectivity index (χ4v) is 1.17.